The number of ketones is 1. The van der Waals surface area contributed by atoms with E-state index in [0.717, 1.165) is 32.5 Å². The molecule has 2 rings (SSSR count). The van der Waals surface area contributed by atoms with Crippen LogP contribution < -0.4 is 0 Å². The topological polar surface area (TPSA) is 74.8 Å². The number of unbranched alkanes of at least 4 members (excludes halogenated alkanes) is 2. The van der Waals surface area contributed by atoms with Crippen molar-refractivity contribution in [3.8, 4) is 0 Å². The molecule has 0 radical (unpaired) electrons. The molecule has 1 aliphatic heterocycles. The van der Waals surface area contributed by atoms with Crippen LogP contribution in [0.2, 0.25) is 0 Å². The minimum absolute atomic E-state index is 0.0187. The van der Waals surface area contributed by atoms with E-state index in [9.17, 15) is 18.0 Å². The Labute approximate surface area is 205 Å². The van der Waals surface area contributed by atoms with Gasteiger partial charge in [0.1, 0.15) is 5.78 Å². The number of carbonyl (C=O) groups is 2. The predicted octanol–water partition coefficient (Wildman–Crippen LogP) is 4.77. The van der Waals surface area contributed by atoms with Crippen molar-refractivity contribution in [1.82, 2.24) is 9.21 Å². The molecular formula is C25H42N2O4S2. The molecule has 0 aromatic heterocycles. The van der Waals surface area contributed by atoms with E-state index in [2.05, 4.69) is 11.8 Å². The van der Waals surface area contributed by atoms with Crippen LogP contribution in [0.15, 0.2) is 29.2 Å². The van der Waals surface area contributed by atoms with Crippen molar-refractivity contribution in [2.75, 3.05) is 31.9 Å². The lowest BCUT2D eigenvalue weighted by molar-refractivity contribution is -0.115. The number of hydrogen-bond acceptors (Lipinski definition) is 6. The molecule has 0 spiro atoms. The van der Waals surface area contributed by atoms with Gasteiger partial charge in [-0.1, -0.05) is 43.7 Å². The average Bonchev–Trinajstić information content (AvgIpc) is 3.26. The van der Waals surface area contributed by atoms with Crippen molar-refractivity contribution in [3.05, 3.63) is 29.8 Å². The molecule has 1 aromatic rings. The van der Waals surface area contributed by atoms with Crippen molar-refractivity contribution in [3.63, 3.8) is 0 Å². The highest BCUT2D eigenvalue weighted by Gasteiger charge is 2.30. The van der Waals surface area contributed by atoms with Crippen LogP contribution >= 0.6 is 11.8 Å². The zero-order valence-electron chi connectivity index (χ0n) is 21.0. The quantitative estimate of drug-likeness (QED) is 0.387. The molecule has 1 saturated heterocycles. The molecule has 1 atom stereocenters. The first-order valence-corrected chi connectivity index (χ1v) is 14.4. The standard InChI is InChI=1S/C22H36N2O3S2.C3H6O/c1-4-5-6-9-21-10-12-22(13-11-21)29(26,27)24(19(2)18-28-20(3)25)17-16-23-14-7-8-15-23;1-3(2)4/h10-13,19H,4-9,14-18H2,1-3H3;1-2H3/t19-;/m1./s1. The highest BCUT2D eigenvalue weighted by Crippen LogP contribution is 2.22. The summed E-state index contributed by atoms with van der Waals surface area (Å²) in [4.78, 5) is 23.5. The van der Waals surface area contributed by atoms with Crippen LogP contribution in [0.5, 0.6) is 0 Å². The lowest BCUT2D eigenvalue weighted by Crippen LogP contribution is -2.44. The number of hydrogen-bond donors (Lipinski definition) is 0. The maximum atomic E-state index is 13.4. The van der Waals surface area contributed by atoms with E-state index in [1.165, 1.54) is 63.8 Å². The molecule has 0 saturated carbocycles. The van der Waals surface area contributed by atoms with Gasteiger partial charge in [0.05, 0.1) is 4.90 Å². The number of likely N-dealkylation sites (tertiary alicyclic amines) is 1. The number of sulfonamides is 1. The van der Waals surface area contributed by atoms with Crippen LogP contribution in [0, 0.1) is 0 Å². The summed E-state index contributed by atoms with van der Waals surface area (Å²) < 4.78 is 28.4. The summed E-state index contributed by atoms with van der Waals surface area (Å²) >= 11 is 1.19. The van der Waals surface area contributed by atoms with Gasteiger partial charge in [0.2, 0.25) is 10.0 Å². The van der Waals surface area contributed by atoms with E-state index in [4.69, 9.17) is 0 Å². The second-order valence-corrected chi connectivity index (χ2v) is 11.9. The Morgan fingerprint density at radius 3 is 2.15 bits per heavy atom. The predicted molar refractivity (Wildman–Crippen MR) is 138 cm³/mol. The highest BCUT2D eigenvalue weighted by atomic mass is 32.2. The number of carbonyl (C=O) groups excluding carboxylic acids is 2. The molecule has 8 heteroatoms. The Hall–Kier alpha value is -1.22. The molecule has 0 amide bonds. The Morgan fingerprint density at radius 1 is 1.06 bits per heavy atom. The van der Waals surface area contributed by atoms with Crippen molar-refractivity contribution >= 4 is 32.7 Å². The van der Waals surface area contributed by atoms with Gasteiger partial charge in [-0.25, -0.2) is 8.42 Å². The summed E-state index contributed by atoms with van der Waals surface area (Å²) in [5, 5.41) is 0.0187. The van der Waals surface area contributed by atoms with Crippen molar-refractivity contribution < 1.29 is 18.0 Å². The lowest BCUT2D eigenvalue weighted by Gasteiger charge is -2.30. The molecule has 1 aromatic carbocycles. The molecule has 1 aliphatic rings. The van der Waals surface area contributed by atoms with E-state index in [1.54, 1.807) is 16.4 Å². The molecule has 1 heterocycles. The summed E-state index contributed by atoms with van der Waals surface area (Å²) in [6.45, 7) is 11.9. The van der Waals surface area contributed by atoms with Crippen LogP contribution in [0.3, 0.4) is 0 Å². The third-order valence-corrected chi connectivity index (χ3v) is 8.54. The summed E-state index contributed by atoms with van der Waals surface area (Å²) in [5.74, 6) is 0.643. The Kier molecular flexibility index (Phi) is 14.1. The fourth-order valence-electron chi connectivity index (χ4n) is 3.69. The zero-order valence-corrected chi connectivity index (χ0v) is 22.6. The second-order valence-electron chi connectivity index (χ2n) is 8.83. The molecule has 188 valence electrons. The molecule has 0 unspecified atom stereocenters. The van der Waals surface area contributed by atoms with Crippen molar-refractivity contribution in [2.24, 2.45) is 0 Å². The van der Waals surface area contributed by atoms with Gasteiger partial charge in [0.25, 0.3) is 0 Å². The van der Waals surface area contributed by atoms with Crippen molar-refractivity contribution in [2.45, 2.75) is 84.1 Å². The summed E-state index contributed by atoms with van der Waals surface area (Å²) in [5.41, 5.74) is 1.18. The third-order valence-electron chi connectivity index (χ3n) is 5.45. The van der Waals surface area contributed by atoms with Crippen LogP contribution in [0.4, 0.5) is 0 Å². The molecule has 6 nitrogen and oxygen atoms in total. The number of aryl methyl sites for hydroxylation is 1. The molecule has 1 fully saturated rings. The maximum absolute atomic E-state index is 13.4. The second kappa shape index (κ2) is 15.6. The first-order valence-electron chi connectivity index (χ1n) is 12.0. The molecule has 0 N–H and O–H groups in total. The molecule has 33 heavy (non-hydrogen) atoms. The van der Waals surface area contributed by atoms with Gasteiger partial charge in [-0.3, -0.25) is 4.79 Å². The van der Waals surface area contributed by atoms with Crippen LogP contribution in [-0.2, 0) is 26.0 Å². The van der Waals surface area contributed by atoms with Crippen LogP contribution in [-0.4, -0.2) is 66.5 Å². The fraction of sp³-hybridized carbons (Fsp3) is 0.680. The van der Waals surface area contributed by atoms with Gasteiger partial charge in [-0.15, -0.1) is 0 Å². The fourth-order valence-corrected chi connectivity index (χ4v) is 6.06. The van der Waals surface area contributed by atoms with Crippen LogP contribution in [0.1, 0.15) is 72.3 Å². The van der Waals surface area contributed by atoms with Gasteiger partial charge >= 0.3 is 0 Å². The minimum Gasteiger partial charge on any atom is -0.302 e. The summed E-state index contributed by atoms with van der Waals surface area (Å²) in [7, 11) is -3.60. The van der Waals surface area contributed by atoms with Crippen LogP contribution in [0.25, 0.3) is 0 Å². The first kappa shape index (κ1) is 29.8. The number of benzene rings is 1. The Morgan fingerprint density at radius 2 is 1.64 bits per heavy atom. The largest absolute Gasteiger partial charge is 0.302 e. The maximum Gasteiger partial charge on any atom is 0.243 e. The third kappa shape index (κ3) is 11.7. The summed E-state index contributed by atoms with van der Waals surface area (Å²) in [6.07, 6.45) is 6.84. The van der Waals surface area contributed by atoms with E-state index in [1.807, 2.05) is 19.1 Å². The van der Waals surface area contributed by atoms with E-state index in [-0.39, 0.29) is 16.9 Å². The van der Waals surface area contributed by atoms with E-state index < -0.39 is 10.0 Å². The minimum atomic E-state index is -3.60. The first-order chi connectivity index (χ1) is 15.6. The summed E-state index contributed by atoms with van der Waals surface area (Å²) in [6, 6.07) is 7.13. The van der Waals surface area contributed by atoms with E-state index in [0.29, 0.717) is 17.2 Å². The van der Waals surface area contributed by atoms with Gasteiger partial charge in [-0.2, -0.15) is 4.31 Å². The zero-order chi connectivity index (χ0) is 24.9. The number of nitrogens with zero attached hydrogens (tertiary/aromatic N) is 2. The smallest absolute Gasteiger partial charge is 0.243 e. The highest BCUT2D eigenvalue weighted by molar-refractivity contribution is 8.13. The number of Topliss-reactive ketones (excluding diaryl/α,β-unsaturated/α-hetero) is 1. The lowest BCUT2D eigenvalue weighted by atomic mass is 10.1. The molecular weight excluding hydrogens is 456 g/mol. The SMILES string of the molecule is CC(C)=O.CCCCCc1ccc(S(=O)(=O)N(CCN2CCCC2)[C@H](C)CSC(C)=O)cc1. The monoisotopic (exact) mass is 498 g/mol. The normalized spacial score (nSPS) is 15.2. The van der Waals surface area contributed by atoms with Gasteiger partial charge in [0, 0.05) is 31.8 Å². The average molecular weight is 499 g/mol. The Balaban J connectivity index is 0.00000125. The van der Waals surface area contributed by atoms with Gasteiger partial charge in [-0.05, 0) is 77.2 Å². The number of thioether (sulfide) groups is 1. The molecule has 0 aliphatic carbocycles. The van der Waals surface area contributed by atoms with Gasteiger partial charge < -0.3 is 9.69 Å². The van der Waals surface area contributed by atoms with Gasteiger partial charge in [0.15, 0.2) is 5.12 Å². The molecule has 0 bridgehead atoms. The Bertz CT molecular complexity index is 815. The van der Waals surface area contributed by atoms with Crippen molar-refractivity contribution in [1.29, 1.82) is 0 Å². The van der Waals surface area contributed by atoms with E-state index >= 15 is 0 Å². The number of rotatable bonds is 12.